The first-order chi connectivity index (χ1) is 8.89. The smallest absolute Gasteiger partial charge is 0.0803 e. The molecule has 0 aromatic carbocycles. The van der Waals surface area contributed by atoms with Gasteiger partial charge in [0.1, 0.15) is 0 Å². The van der Waals surface area contributed by atoms with Crippen molar-refractivity contribution < 1.29 is 10.2 Å². The van der Waals surface area contributed by atoms with Gasteiger partial charge in [0, 0.05) is 0 Å². The van der Waals surface area contributed by atoms with E-state index in [0.717, 1.165) is 32.1 Å². The summed E-state index contributed by atoms with van der Waals surface area (Å²) in [7, 11) is 0. The van der Waals surface area contributed by atoms with Crippen molar-refractivity contribution in [1.82, 2.24) is 0 Å². The van der Waals surface area contributed by atoms with Crippen LogP contribution in [0.3, 0.4) is 0 Å². The predicted octanol–water partition coefficient (Wildman–Crippen LogP) is 3.90. The van der Waals surface area contributed by atoms with Crippen LogP contribution in [0.1, 0.15) is 59.3 Å². The molecule has 1 aliphatic rings. The van der Waals surface area contributed by atoms with Gasteiger partial charge in [-0.25, -0.2) is 0 Å². The Labute approximate surface area is 117 Å². The molecule has 0 fully saturated rings. The summed E-state index contributed by atoms with van der Waals surface area (Å²) in [6.07, 6.45) is 12.9. The second-order valence-electron chi connectivity index (χ2n) is 6.00. The minimum Gasteiger partial charge on any atom is -0.389 e. The van der Waals surface area contributed by atoms with E-state index in [2.05, 4.69) is 26.0 Å². The Kier molecular flexibility index (Phi) is 6.53. The Morgan fingerprint density at radius 3 is 2.47 bits per heavy atom. The SMILES string of the molecule is C/C1=C/CC[C@@](C)(O)/C=C\[C@H](O)CC/C(C)=C\CC1. The van der Waals surface area contributed by atoms with Gasteiger partial charge in [-0.2, -0.15) is 0 Å². The molecule has 0 unspecified atom stereocenters. The molecule has 2 nitrogen and oxygen atoms in total. The summed E-state index contributed by atoms with van der Waals surface area (Å²) in [4.78, 5) is 0. The van der Waals surface area contributed by atoms with Gasteiger partial charge in [-0.3, -0.25) is 0 Å². The van der Waals surface area contributed by atoms with Crippen molar-refractivity contribution in [2.75, 3.05) is 0 Å². The lowest BCUT2D eigenvalue weighted by atomic mass is 9.96. The highest BCUT2D eigenvalue weighted by Gasteiger charge is 2.15. The molecular weight excluding hydrogens is 236 g/mol. The zero-order valence-corrected chi connectivity index (χ0v) is 12.5. The second kappa shape index (κ2) is 7.66. The molecule has 0 amide bonds. The molecular formula is C17H28O2. The van der Waals surface area contributed by atoms with Gasteiger partial charge in [0.25, 0.3) is 0 Å². The number of hydrogen-bond donors (Lipinski definition) is 2. The first kappa shape index (κ1) is 16.2. The highest BCUT2D eigenvalue weighted by molar-refractivity contribution is 5.08. The Balaban J connectivity index is 2.75. The summed E-state index contributed by atoms with van der Waals surface area (Å²) < 4.78 is 0. The van der Waals surface area contributed by atoms with E-state index in [1.807, 2.05) is 0 Å². The molecule has 0 bridgehead atoms. The molecule has 0 aliphatic heterocycles. The van der Waals surface area contributed by atoms with Crippen molar-refractivity contribution in [2.24, 2.45) is 0 Å². The standard InChI is InChI=1S/C17H28O2/c1-14-6-4-7-15(2)9-10-16(18)11-13-17(3,19)12-5-8-14/h7-8,11,13,16,18-19H,4-6,9-10,12H2,1-3H3/b13-11-,14-8-,15-7-/t16-,17-/m1/s1. The molecule has 2 N–H and O–H groups in total. The minimum absolute atomic E-state index is 0.463. The largest absolute Gasteiger partial charge is 0.389 e. The lowest BCUT2D eigenvalue weighted by molar-refractivity contribution is 0.100. The van der Waals surface area contributed by atoms with E-state index in [4.69, 9.17) is 0 Å². The highest BCUT2D eigenvalue weighted by Crippen LogP contribution is 2.19. The van der Waals surface area contributed by atoms with Gasteiger partial charge in [0.05, 0.1) is 11.7 Å². The van der Waals surface area contributed by atoms with Crippen LogP contribution >= 0.6 is 0 Å². The van der Waals surface area contributed by atoms with Crippen LogP contribution in [0.25, 0.3) is 0 Å². The van der Waals surface area contributed by atoms with E-state index in [9.17, 15) is 10.2 Å². The van der Waals surface area contributed by atoms with Gasteiger partial charge in [-0.05, 0) is 59.3 Å². The molecule has 108 valence electrons. The average molecular weight is 264 g/mol. The maximum atomic E-state index is 10.2. The first-order valence-corrected chi connectivity index (χ1v) is 7.30. The van der Waals surface area contributed by atoms with Crippen LogP contribution in [-0.2, 0) is 0 Å². The van der Waals surface area contributed by atoms with E-state index >= 15 is 0 Å². The lowest BCUT2D eigenvalue weighted by Gasteiger charge is -2.19. The quantitative estimate of drug-likeness (QED) is 0.651. The van der Waals surface area contributed by atoms with Crippen LogP contribution in [0.5, 0.6) is 0 Å². The van der Waals surface area contributed by atoms with Crippen molar-refractivity contribution >= 4 is 0 Å². The monoisotopic (exact) mass is 264 g/mol. The van der Waals surface area contributed by atoms with Gasteiger partial charge in [0.2, 0.25) is 0 Å². The molecule has 1 aliphatic carbocycles. The van der Waals surface area contributed by atoms with Crippen LogP contribution in [-0.4, -0.2) is 21.9 Å². The van der Waals surface area contributed by atoms with Crippen molar-refractivity contribution in [3.63, 3.8) is 0 Å². The van der Waals surface area contributed by atoms with Gasteiger partial charge >= 0.3 is 0 Å². The van der Waals surface area contributed by atoms with Crippen molar-refractivity contribution in [3.05, 3.63) is 35.5 Å². The minimum atomic E-state index is -0.827. The second-order valence-corrected chi connectivity index (χ2v) is 6.00. The summed E-state index contributed by atoms with van der Waals surface area (Å²) in [6, 6.07) is 0. The van der Waals surface area contributed by atoms with Crippen LogP contribution < -0.4 is 0 Å². The normalized spacial score (nSPS) is 38.5. The molecule has 0 aromatic rings. The number of hydrogen-bond acceptors (Lipinski definition) is 2. The zero-order valence-electron chi connectivity index (χ0n) is 12.5. The van der Waals surface area contributed by atoms with Crippen LogP contribution in [0.4, 0.5) is 0 Å². The maximum absolute atomic E-state index is 10.2. The number of allylic oxidation sites excluding steroid dienone is 4. The number of rotatable bonds is 0. The predicted molar refractivity (Wildman–Crippen MR) is 81.0 cm³/mol. The van der Waals surface area contributed by atoms with Crippen molar-refractivity contribution in [1.29, 1.82) is 0 Å². The van der Waals surface area contributed by atoms with Crippen LogP contribution in [0, 0.1) is 0 Å². The summed E-state index contributed by atoms with van der Waals surface area (Å²) in [5.41, 5.74) is 1.90. The van der Waals surface area contributed by atoms with Gasteiger partial charge in [-0.15, -0.1) is 0 Å². The van der Waals surface area contributed by atoms with E-state index in [1.54, 1.807) is 19.1 Å². The highest BCUT2D eigenvalue weighted by atomic mass is 16.3. The average Bonchev–Trinajstić information content (AvgIpc) is 2.33. The molecule has 2 atom stereocenters. The van der Waals surface area contributed by atoms with Crippen LogP contribution in [0.15, 0.2) is 35.5 Å². The molecule has 0 saturated heterocycles. The number of aliphatic hydroxyl groups is 2. The third kappa shape index (κ3) is 7.34. The lowest BCUT2D eigenvalue weighted by Crippen LogP contribution is -2.21. The summed E-state index contributed by atoms with van der Waals surface area (Å²) in [5.74, 6) is 0. The Morgan fingerprint density at radius 2 is 1.74 bits per heavy atom. The molecule has 0 saturated carbocycles. The van der Waals surface area contributed by atoms with Crippen molar-refractivity contribution in [2.45, 2.75) is 71.0 Å². The fraction of sp³-hybridized carbons (Fsp3) is 0.647. The fourth-order valence-electron chi connectivity index (χ4n) is 2.23. The Hall–Kier alpha value is -0.860. The van der Waals surface area contributed by atoms with E-state index in [1.165, 1.54) is 11.1 Å². The molecule has 0 radical (unpaired) electrons. The third-order valence-corrected chi connectivity index (χ3v) is 3.69. The van der Waals surface area contributed by atoms with Gasteiger partial charge < -0.3 is 10.2 Å². The molecule has 0 aromatic heterocycles. The zero-order chi connectivity index (χ0) is 14.3. The first-order valence-electron chi connectivity index (χ1n) is 7.30. The molecule has 0 spiro atoms. The number of aliphatic hydroxyl groups excluding tert-OH is 1. The Morgan fingerprint density at radius 1 is 1.11 bits per heavy atom. The molecule has 2 heteroatoms. The van der Waals surface area contributed by atoms with Crippen molar-refractivity contribution in [3.8, 4) is 0 Å². The van der Waals surface area contributed by atoms with E-state index in [0.29, 0.717) is 6.42 Å². The maximum Gasteiger partial charge on any atom is 0.0803 e. The molecule has 19 heavy (non-hydrogen) atoms. The fourth-order valence-corrected chi connectivity index (χ4v) is 2.23. The van der Waals surface area contributed by atoms with E-state index < -0.39 is 11.7 Å². The van der Waals surface area contributed by atoms with E-state index in [-0.39, 0.29) is 0 Å². The Bertz CT molecular complexity index is 361. The summed E-state index contributed by atoms with van der Waals surface area (Å²) >= 11 is 0. The molecule has 1 rings (SSSR count). The third-order valence-electron chi connectivity index (χ3n) is 3.69. The summed E-state index contributed by atoms with van der Waals surface area (Å²) in [5, 5.41) is 20.1. The topological polar surface area (TPSA) is 40.5 Å². The van der Waals surface area contributed by atoms with Gasteiger partial charge in [0.15, 0.2) is 0 Å². The van der Waals surface area contributed by atoms with Gasteiger partial charge in [-0.1, -0.05) is 35.5 Å². The molecule has 0 heterocycles. The van der Waals surface area contributed by atoms with Crippen LogP contribution in [0.2, 0.25) is 0 Å². The summed E-state index contributed by atoms with van der Waals surface area (Å²) in [6.45, 7) is 6.08.